The highest BCUT2D eigenvalue weighted by atomic mass is 16.6. The van der Waals surface area contributed by atoms with E-state index in [1.165, 1.54) is 0 Å². The summed E-state index contributed by atoms with van der Waals surface area (Å²) in [5, 5.41) is 0. The molecule has 1 amide bonds. The van der Waals surface area contributed by atoms with Crippen LogP contribution in [0.2, 0.25) is 0 Å². The molecule has 1 aromatic carbocycles. The second-order valence-electron chi connectivity index (χ2n) is 5.65. The molecule has 106 valence electrons. The summed E-state index contributed by atoms with van der Waals surface area (Å²) >= 11 is 0. The number of hydrogen-bond acceptors (Lipinski definition) is 3. The van der Waals surface area contributed by atoms with Crippen LogP contribution in [0, 0.1) is 6.92 Å². The lowest BCUT2D eigenvalue weighted by Gasteiger charge is -2.25. The van der Waals surface area contributed by atoms with Crippen LogP contribution in [0.3, 0.4) is 0 Å². The second kappa shape index (κ2) is 5.95. The first kappa shape index (κ1) is 15.3. The predicted molar refractivity (Wildman–Crippen MR) is 75.4 cm³/mol. The van der Waals surface area contributed by atoms with Gasteiger partial charge in [-0.3, -0.25) is 0 Å². The molecule has 0 aliphatic carbocycles. The van der Waals surface area contributed by atoms with E-state index in [2.05, 4.69) is 0 Å². The number of amides is 1. The van der Waals surface area contributed by atoms with Crippen molar-refractivity contribution in [2.24, 2.45) is 0 Å². The van der Waals surface area contributed by atoms with Gasteiger partial charge in [0.2, 0.25) is 0 Å². The van der Waals surface area contributed by atoms with Gasteiger partial charge in [-0.25, -0.2) is 4.79 Å². The Hall–Kier alpha value is -1.71. The summed E-state index contributed by atoms with van der Waals surface area (Å²) in [4.78, 5) is 13.5. The van der Waals surface area contributed by atoms with Crippen molar-refractivity contribution < 1.29 is 14.3 Å². The predicted octanol–water partition coefficient (Wildman–Crippen LogP) is 3.37. The first-order valence-corrected chi connectivity index (χ1v) is 6.30. The van der Waals surface area contributed by atoms with Gasteiger partial charge in [0.15, 0.2) is 0 Å². The van der Waals surface area contributed by atoms with Crippen LogP contribution >= 0.6 is 0 Å². The van der Waals surface area contributed by atoms with E-state index in [1.807, 2.05) is 45.9 Å². The van der Waals surface area contributed by atoms with Crippen molar-refractivity contribution in [2.75, 3.05) is 14.2 Å². The van der Waals surface area contributed by atoms with Crippen molar-refractivity contribution >= 4 is 6.09 Å². The Labute approximate surface area is 115 Å². The second-order valence-corrected chi connectivity index (χ2v) is 5.65. The highest BCUT2D eigenvalue weighted by Gasteiger charge is 2.20. The normalized spacial score (nSPS) is 11.1. The Balaban J connectivity index is 2.79. The summed E-state index contributed by atoms with van der Waals surface area (Å²) in [5.41, 5.74) is 1.62. The topological polar surface area (TPSA) is 38.8 Å². The molecule has 4 heteroatoms. The highest BCUT2D eigenvalue weighted by Crippen LogP contribution is 2.21. The molecular weight excluding hydrogens is 242 g/mol. The smallest absolute Gasteiger partial charge is 0.410 e. The highest BCUT2D eigenvalue weighted by molar-refractivity contribution is 5.68. The molecule has 1 aromatic rings. The van der Waals surface area contributed by atoms with Gasteiger partial charge < -0.3 is 14.4 Å². The number of methoxy groups -OCH3 is 1. The lowest BCUT2D eigenvalue weighted by molar-refractivity contribution is 0.0284. The van der Waals surface area contributed by atoms with E-state index >= 15 is 0 Å². The summed E-state index contributed by atoms with van der Waals surface area (Å²) in [5.74, 6) is 0.779. The molecule has 0 heterocycles. The monoisotopic (exact) mass is 265 g/mol. The fourth-order valence-corrected chi connectivity index (χ4v) is 1.69. The molecule has 0 saturated carbocycles. The summed E-state index contributed by atoms with van der Waals surface area (Å²) in [6.45, 7) is 8.03. The molecule has 0 N–H and O–H groups in total. The van der Waals surface area contributed by atoms with Crippen LogP contribution in [0.4, 0.5) is 4.79 Å². The lowest BCUT2D eigenvalue weighted by atomic mass is 10.1. The number of hydrogen-bond donors (Lipinski definition) is 0. The van der Waals surface area contributed by atoms with Crippen molar-refractivity contribution in [3.63, 3.8) is 0 Å². The van der Waals surface area contributed by atoms with E-state index in [9.17, 15) is 4.79 Å². The van der Waals surface area contributed by atoms with Crippen LogP contribution in [-0.4, -0.2) is 30.8 Å². The largest absolute Gasteiger partial charge is 0.496 e. The Morgan fingerprint density at radius 3 is 2.47 bits per heavy atom. The van der Waals surface area contributed by atoms with Gasteiger partial charge in [-0.05, 0) is 33.8 Å². The van der Waals surface area contributed by atoms with Crippen molar-refractivity contribution in [3.05, 3.63) is 29.3 Å². The Kier molecular flexibility index (Phi) is 4.81. The average Bonchev–Trinajstić information content (AvgIpc) is 2.27. The number of nitrogens with zero attached hydrogens (tertiary/aromatic N) is 1. The summed E-state index contributed by atoms with van der Waals surface area (Å²) in [7, 11) is 3.34. The van der Waals surface area contributed by atoms with E-state index < -0.39 is 5.60 Å². The lowest BCUT2D eigenvalue weighted by Crippen LogP contribution is -2.33. The van der Waals surface area contributed by atoms with Gasteiger partial charge in [0.05, 0.1) is 13.7 Å². The van der Waals surface area contributed by atoms with Crippen LogP contribution < -0.4 is 4.74 Å². The van der Waals surface area contributed by atoms with E-state index in [0.717, 1.165) is 16.9 Å². The first-order valence-electron chi connectivity index (χ1n) is 6.30. The molecule has 19 heavy (non-hydrogen) atoms. The van der Waals surface area contributed by atoms with Crippen LogP contribution in [0.15, 0.2) is 18.2 Å². The van der Waals surface area contributed by atoms with Crippen molar-refractivity contribution in [1.82, 2.24) is 4.90 Å². The Morgan fingerprint density at radius 1 is 1.32 bits per heavy atom. The standard InChI is InChI=1S/C15H23NO3/c1-11-7-8-13(18-6)12(9-11)10-16(5)14(17)19-15(2,3)4/h7-9H,10H2,1-6H3. The molecule has 0 unspecified atom stereocenters. The van der Waals surface area contributed by atoms with Gasteiger partial charge in [-0.15, -0.1) is 0 Å². The number of benzene rings is 1. The molecule has 0 atom stereocenters. The Morgan fingerprint density at radius 2 is 1.95 bits per heavy atom. The third-order valence-corrected chi connectivity index (χ3v) is 2.55. The van der Waals surface area contributed by atoms with Gasteiger partial charge in [0.25, 0.3) is 0 Å². The van der Waals surface area contributed by atoms with E-state index in [1.54, 1.807) is 19.1 Å². The molecule has 0 spiro atoms. The van der Waals surface area contributed by atoms with Gasteiger partial charge in [0.1, 0.15) is 11.4 Å². The molecule has 0 fully saturated rings. The maximum atomic E-state index is 11.9. The number of ether oxygens (including phenoxy) is 2. The van der Waals surface area contributed by atoms with Crippen molar-refractivity contribution in [3.8, 4) is 5.75 Å². The van der Waals surface area contributed by atoms with Gasteiger partial charge in [-0.2, -0.15) is 0 Å². The molecule has 0 bridgehead atoms. The fourth-order valence-electron chi connectivity index (χ4n) is 1.69. The minimum absolute atomic E-state index is 0.337. The molecule has 1 rings (SSSR count). The van der Waals surface area contributed by atoms with E-state index in [0.29, 0.717) is 6.54 Å². The molecule has 0 aromatic heterocycles. The maximum Gasteiger partial charge on any atom is 0.410 e. The zero-order chi connectivity index (χ0) is 14.6. The fraction of sp³-hybridized carbons (Fsp3) is 0.533. The minimum Gasteiger partial charge on any atom is -0.496 e. The molecule has 0 radical (unpaired) electrons. The number of carbonyl (C=O) groups is 1. The minimum atomic E-state index is -0.484. The summed E-state index contributed by atoms with van der Waals surface area (Å²) in [6.07, 6.45) is -0.337. The van der Waals surface area contributed by atoms with Gasteiger partial charge in [-0.1, -0.05) is 17.7 Å². The average molecular weight is 265 g/mol. The number of carbonyl (C=O) groups excluding carboxylic acids is 1. The molecule has 0 saturated heterocycles. The third-order valence-electron chi connectivity index (χ3n) is 2.55. The molecule has 0 aliphatic rings. The zero-order valence-electron chi connectivity index (χ0n) is 12.6. The van der Waals surface area contributed by atoms with Crippen LogP contribution in [0.5, 0.6) is 5.75 Å². The van der Waals surface area contributed by atoms with Crippen molar-refractivity contribution in [1.29, 1.82) is 0 Å². The number of rotatable bonds is 3. The maximum absolute atomic E-state index is 11.9. The van der Waals surface area contributed by atoms with Gasteiger partial charge in [0, 0.05) is 12.6 Å². The number of aryl methyl sites for hydroxylation is 1. The third kappa shape index (κ3) is 4.81. The summed E-state index contributed by atoms with van der Waals surface area (Å²) < 4.78 is 10.6. The van der Waals surface area contributed by atoms with E-state index in [4.69, 9.17) is 9.47 Å². The van der Waals surface area contributed by atoms with Crippen LogP contribution in [0.25, 0.3) is 0 Å². The van der Waals surface area contributed by atoms with E-state index in [-0.39, 0.29) is 6.09 Å². The molecule has 0 aliphatic heterocycles. The zero-order valence-corrected chi connectivity index (χ0v) is 12.6. The molecule has 4 nitrogen and oxygen atoms in total. The van der Waals surface area contributed by atoms with Crippen LogP contribution in [0.1, 0.15) is 31.9 Å². The van der Waals surface area contributed by atoms with Crippen molar-refractivity contribution in [2.45, 2.75) is 39.8 Å². The van der Waals surface area contributed by atoms with Crippen LogP contribution in [-0.2, 0) is 11.3 Å². The SMILES string of the molecule is COc1ccc(C)cc1CN(C)C(=O)OC(C)(C)C. The van der Waals surface area contributed by atoms with Gasteiger partial charge >= 0.3 is 6.09 Å². The molecular formula is C15H23NO3. The first-order chi connectivity index (χ1) is 8.73. The quantitative estimate of drug-likeness (QED) is 0.841. The Bertz CT molecular complexity index is 449. The summed E-state index contributed by atoms with van der Waals surface area (Å²) in [6, 6.07) is 5.91.